The Morgan fingerprint density at radius 1 is 0.909 bits per heavy atom. The molecule has 1 N–H and O–H groups in total. The zero-order chi connectivity index (χ0) is 24.4. The van der Waals surface area contributed by atoms with Crippen LogP contribution in [-0.4, -0.2) is 28.4 Å². The van der Waals surface area contributed by atoms with Gasteiger partial charge >= 0.3 is 6.18 Å². The summed E-state index contributed by atoms with van der Waals surface area (Å²) in [6.45, 7) is 0. The highest BCUT2D eigenvalue weighted by molar-refractivity contribution is 7.92. The third kappa shape index (κ3) is 5.23. The van der Waals surface area contributed by atoms with Crippen LogP contribution >= 0.6 is 11.6 Å². The van der Waals surface area contributed by atoms with E-state index in [4.69, 9.17) is 21.1 Å². The maximum absolute atomic E-state index is 13.4. The number of ketones is 1. The molecule has 0 aliphatic rings. The number of alkyl halides is 3. The molecule has 174 valence electrons. The number of methoxy groups -OCH3 is 2. The van der Waals surface area contributed by atoms with Gasteiger partial charge in [-0.15, -0.1) is 0 Å². The smallest absolute Gasteiger partial charge is 0.417 e. The standard InChI is InChI=1S/C22H17ClF3NO5S/c1-31-19-10-8-14(12-20(19)32-2)33(29,30)27-18-9-7-13(23)11-16(18)21(28)15-5-3-4-6-17(15)22(24,25)26/h3-12,27H,1-2H3. The second-order valence-corrected chi connectivity index (χ2v) is 8.80. The van der Waals surface area contributed by atoms with Crippen molar-refractivity contribution in [2.75, 3.05) is 18.9 Å². The molecular formula is C22H17ClF3NO5S. The van der Waals surface area contributed by atoms with E-state index in [9.17, 15) is 26.4 Å². The molecule has 0 bridgehead atoms. The largest absolute Gasteiger partial charge is 0.493 e. The minimum absolute atomic E-state index is 0.0388. The van der Waals surface area contributed by atoms with Gasteiger partial charge in [-0.2, -0.15) is 13.2 Å². The molecule has 0 saturated carbocycles. The highest BCUT2D eigenvalue weighted by Gasteiger charge is 2.35. The van der Waals surface area contributed by atoms with Gasteiger partial charge in [0.05, 0.1) is 30.4 Å². The van der Waals surface area contributed by atoms with Crippen molar-refractivity contribution in [3.8, 4) is 11.5 Å². The number of carbonyl (C=O) groups excluding carboxylic acids is 1. The van der Waals surface area contributed by atoms with Crippen LogP contribution in [0.25, 0.3) is 0 Å². The van der Waals surface area contributed by atoms with Crippen LogP contribution in [0.3, 0.4) is 0 Å². The number of sulfonamides is 1. The summed E-state index contributed by atoms with van der Waals surface area (Å²) in [6, 6.07) is 11.6. The van der Waals surface area contributed by atoms with E-state index in [-0.39, 0.29) is 26.9 Å². The van der Waals surface area contributed by atoms with Crippen LogP contribution in [0.15, 0.2) is 65.6 Å². The fourth-order valence-electron chi connectivity index (χ4n) is 3.05. The summed E-state index contributed by atoms with van der Waals surface area (Å²) in [4.78, 5) is 12.8. The van der Waals surface area contributed by atoms with Gasteiger partial charge in [-0.05, 0) is 36.4 Å². The first-order chi connectivity index (χ1) is 15.5. The van der Waals surface area contributed by atoms with E-state index < -0.39 is 33.1 Å². The molecule has 0 heterocycles. The number of benzene rings is 3. The van der Waals surface area contributed by atoms with Crippen molar-refractivity contribution in [2.45, 2.75) is 11.1 Å². The van der Waals surface area contributed by atoms with Crippen LogP contribution in [0, 0.1) is 0 Å². The van der Waals surface area contributed by atoms with Crippen molar-refractivity contribution in [2.24, 2.45) is 0 Å². The lowest BCUT2D eigenvalue weighted by Crippen LogP contribution is -2.18. The molecule has 0 fully saturated rings. The Morgan fingerprint density at radius 2 is 1.58 bits per heavy atom. The fraction of sp³-hybridized carbons (Fsp3) is 0.136. The minimum atomic E-state index is -4.79. The Labute approximate surface area is 193 Å². The van der Waals surface area contributed by atoms with Gasteiger partial charge in [-0.1, -0.05) is 29.8 Å². The van der Waals surface area contributed by atoms with E-state index in [1.807, 2.05) is 0 Å². The summed E-state index contributed by atoms with van der Waals surface area (Å²) in [5.41, 5.74) is -2.37. The molecule has 0 saturated heterocycles. The van der Waals surface area contributed by atoms with Crippen LogP contribution in [-0.2, 0) is 16.2 Å². The lowest BCUT2D eigenvalue weighted by molar-refractivity contribution is -0.137. The maximum Gasteiger partial charge on any atom is 0.417 e. The Morgan fingerprint density at radius 3 is 2.21 bits per heavy atom. The minimum Gasteiger partial charge on any atom is -0.493 e. The van der Waals surface area contributed by atoms with E-state index in [2.05, 4.69) is 4.72 Å². The number of rotatable bonds is 7. The molecule has 33 heavy (non-hydrogen) atoms. The summed E-state index contributed by atoms with van der Waals surface area (Å²) in [7, 11) is -1.55. The second kappa shape index (κ2) is 9.32. The Bertz CT molecular complexity index is 1310. The van der Waals surface area contributed by atoms with Crippen molar-refractivity contribution >= 4 is 33.1 Å². The third-order valence-corrected chi connectivity index (χ3v) is 6.21. The van der Waals surface area contributed by atoms with E-state index in [1.54, 1.807) is 0 Å². The second-order valence-electron chi connectivity index (χ2n) is 6.68. The Hall–Kier alpha value is -3.24. The number of halogens is 4. The average molecular weight is 500 g/mol. The van der Waals surface area contributed by atoms with Crippen molar-refractivity contribution < 1.29 is 35.9 Å². The lowest BCUT2D eigenvalue weighted by atomic mass is 9.97. The van der Waals surface area contributed by atoms with Gasteiger partial charge in [0.2, 0.25) is 0 Å². The van der Waals surface area contributed by atoms with Crippen molar-refractivity contribution in [1.82, 2.24) is 0 Å². The van der Waals surface area contributed by atoms with Gasteiger partial charge in [0.25, 0.3) is 10.0 Å². The Balaban J connectivity index is 2.07. The highest BCUT2D eigenvalue weighted by atomic mass is 35.5. The zero-order valence-electron chi connectivity index (χ0n) is 17.2. The van der Waals surface area contributed by atoms with E-state index in [0.29, 0.717) is 5.75 Å². The van der Waals surface area contributed by atoms with Gasteiger partial charge in [-0.3, -0.25) is 9.52 Å². The van der Waals surface area contributed by atoms with Crippen LogP contribution in [0.1, 0.15) is 21.5 Å². The number of nitrogens with one attached hydrogen (secondary N) is 1. The van der Waals surface area contributed by atoms with E-state index in [1.165, 1.54) is 50.6 Å². The van der Waals surface area contributed by atoms with Gasteiger partial charge in [0.1, 0.15) is 0 Å². The van der Waals surface area contributed by atoms with Crippen LogP contribution in [0.5, 0.6) is 11.5 Å². The molecule has 3 rings (SSSR count). The summed E-state index contributed by atoms with van der Waals surface area (Å²) in [5.74, 6) is -0.607. The molecule has 0 aliphatic heterocycles. The topological polar surface area (TPSA) is 81.7 Å². The fourth-order valence-corrected chi connectivity index (χ4v) is 4.32. The molecule has 3 aromatic rings. The first-order valence-electron chi connectivity index (χ1n) is 9.23. The molecule has 11 heteroatoms. The summed E-state index contributed by atoms with van der Waals surface area (Å²) >= 11 is 5.96. The number of hydrogen-bond donors (Lipinski definition) is 1. The summed E-state index contributed by atoms with van der Waals surface area (Å²) in [5, 5.41) is 0.0388. The van der Waals surface area contributed by atoms with Crippen molar-refractivity contribution in [3.63, 3.8) is 0 Å². The van der Waals surface area contributed by atoms with Crippen molar-refractivity contribution in [1.29, 1.82) is 0 Å². The van der Waals surface area contributed by atoms with Gasteiger partial charge in [0, 0.05) is 22.2 Å². The molecule has 0 atom stereocenters. The first kappa shape index (κ1) is 24.4. The molecule has 0 amide bonds. The predicted octanol–water partition coefficient (Wildman–Crippen LogP) is 5.41. The van der Waals surface area contributed by atoms with Crippen molar-refractivity contribution in [3.05, 3.63) is 82.4 Å². The molecule has 6 nitrogen and oxygen atoms in total. The molecule has 0 unspecified atom stereocenters. The molecule has 0 spiro atoms. The third-order valence-electron chi connectivity index (χ3n) is 4.61. The number of anilines is 1. The maximum atomic E-state index is 13.4. The number of ether oxygens (including phenoxy) is 2. The molecular weight excluding hydrogens is 483 g/mol. The SMILES string of the molecule is COc1ccc(S(=O)(=O)Nc2ccc(Cl)cc2C(=O)c2ccccc2C(F)(F)F)cc1OC. The van der Waals surface area contributed by atoms with Gasteiger partial charge < -0.3 is 9.47 Å². The van der Waals surface area contributed by atoms with E-state index in [0.717, 1.165) is 24.3 Å². The summed E-state index contributed by atoms with van der Waals surface area (Å²) < 4.78 is 78.6. The molecule has 0 radical (unpaired) electrons. The molecule has 0 aromatic heterocycles. The molecule has 0 aliphatic carbocycles. The monoisotopic (exact) mass is 499 g/mol. The van der Waals surface area contributed by atoms with Crippen LogP contribution in [0.2, 0.25) is 5.02 Å². The first-order valence-corrected chi connectivity index (χ1v) is 11.1. The lowest BCUT2D eigenvalue weighted by Gasteiger charge is -2.16. The quantitative estimate of drug-likeness (QED) is 0.440. The highest BCUT2D eigenvalue weighted by Crippen LogP contribution is 2.35. The summed E-state index contributed by atoms with van der Waals surface area (Å²) in [6.07, 6.45) is -4.79. The normalized spacial score (nSPS) is 11.7. The van der Waals surface area contributed by atoms with E-state index >= 15 is 0 Å². The van der Waals surface area contributed by atoms with Crippen LogP contribution < -0.4 is 14.2 Å². The predicted molar refractivity (Wildman–Crippen MR) is 117 cm³/mol. The number of carbonyl (C=O) groups is 1. The van der Waals surface area contributed by atoms with Crippen LogP contribution in [0.4, 0.5) is 18.9 Å². The van der Waals surface area contributed by atoms with Gasteiger partial charge in [0.15, 0.2) is 17.3 Å². The zero-order valence-corrected chi connectivity index (χ0v) is 18.8. The number of hydrogen-bond acceptors (Lipinski definition) is 5. The molecule has 3 aromatic carbocycles. The van der Waals surface area contributed by atoms with Gasteiger partial charge in [-0.25, -0.2) is 8.42 Å². The average Bonchev–Trinajstić information content (AvgIpc) is 2.78. The Kier molecular flexibility index (Phi) is 6.89.